The monoisotopic (exact) mass is 523 g/mol. The molecule has 0 saturated heterocycles. The van der Waals surface area contributed by atoms with Crippen LogP contribution < -0.4 is 9.54 Å². The molecule has 0 N–H and O–H groups in total. The van der Waals surface area contributed by atoms with Crippen molar-refractivity contribution in [2.75, 3.05) is 13.2 Å². The molecule has 3 aromatic carbocycles. The Kier molecular flexibility index (Phi) is 8.03. The van der Waals surface area contributed by atoms with Gasteiger partial charge in [0.05, 0.1) is 21.7 Å². The van der Waals surface area contributed by atoms with Crippen molar-refractivity contribution in [1.82, 2.24) is 8.87 Å². The van der Waals surface area contributed by atoms with Crippen molar-refractivity contribution in [2.24, 2.45) is 4.99 Å². The molecule has 36 heavy (non-hydrogen) atoms. The van der Waals surface area contributed by atoms with E-state index >= 15 is 0 Å². The minimum Gasteiger partial charge on any atom is -0.494 e. The molecule has 7 nitrogen and oxygen atoms in total. The van der Waals surface area contributed by atoms with E-state index in [9.17, 15) is 13.2 Å². The Balaban J connectivity index is 1.60. The second kappa shape index (κ2) is 11.2. The highest BCUT2D eigenvalue weighted by Gasteiger charge is 2.23. The van der Waals surface area contributed by atoms with Gasteiger partial charge in [0.25, 0.3) is 5.91 Å². The number of hydrogen-bond acceptors (Lipinski definition) is 5. The number of aromatic nitrogens is 1. The lowest BCUT2D eigenvalue weighted by molar-refractivity contribution is 0.0997. The minimum atomic E-state index is -3.71. The predicted molar refractivity (Wildman–Crippen MR) is 143 cm³/mol. The van der Waals surface area contributed by atoms with E-state index < -0.39 is 15.9 Å². The Labute approximate surface area is 215 Å². The first-order chi connectivity index (χ1) is 17.4. The number of hydrogen-bond donors (Lipinski definition) is 0. The summed E-state index contributed by atoms with van der Waals surface area (Å²) in [5.74, 6) is 0.354. The number of rotatable bonds is 9. The summed E-state index contributed by atoms with van der Waals surface area (Å²) < 4.78 is 36.4. The Morgan fingerprint density at radius 1 is 1.00 bits per heavy atom. The van der Waals surface area contributed by atoms with Crippen LogP contribution in [0.1, 0.15) is 36.7 Å². The molecule has 9 heteroatoms. The molecular weight excluding hydrogens is 494 g/mol. The average molecular weight is 524 g/mol. The zero-order chi connectivity index (χ0) is 25.7. The molecule has 0 aliphatic carbocycles. The van der Waals surface area contributed by atoms with Crippen LogP contribution in [0.3, 0.4) is 0 Å². The van der Waals surface area contributed by atoms with Crippen LogP contribution in [0.25, 0.3) is 10.2 Å². The summed E-state index contributed by atoms with van der Waals surface area (Å²) in [7, 11) is -3.71. The van der Waals surface area contributed by atoms with E-state index in [1.807, 2.05) is 73.9 Å². The number of aryl methyl sites for hydroxylation is 1. The third-order valence-corrected chi connectivity index (χ3v) is 8.75. The standard InChI is InChI=1S/C27H29N3O4S2/c1-4-29(19-20-10-8-7-9-11-20)36(32,33)23-15-12-21(13-16-23)26(31)28-27-30(5-2)24-17-14-22(34-6-3)18-25(24)35-27/h7-18H,4-6,19H2,1-3H3. The third kappa shape index (κ3) is 5.43. The molecule has 1 heterocycles. The number of sulfonamides is 1. The molecule has 4 rings (SSSR count). The van der Waals surface area contributed by atoms with Gasteiger partial charge in [0.1, 0.15) is 5.75 Å². The minimum absolute atomic E-state index is 0.144. The highest BCUT2D eigenvalue weighted by atomic mass is 32.2. The topological polar surface area (TPSA) is 81.0 Å². The van der Waals surface area contributed by atoms with E-state index in [0.717, 1.165) is 21.5 Å². The van der Waals surface area contributed by atoms with Crippen molar-refractivity contribution in [3.05, 3.63) is 88.7 Å². The van der Waals surface area contributed by atoms with Gasteiger partial charge in [-0.3, -0.25) is 4.79 Å². The Morgan fingerprint density at radius 3 is 2.36 bits per heavy atom. The molecule has 0 spiro atoms. The van der Waals surface area contributed by atoms with Gasteiger partial charge in [-0.2, -0.15) is 9.30 Å². The van der Waals surface area contributed by atoms with Gasteiger partial charge in [-0.05, 0) is 61.9 Å². The van der Waals surface area contributed by atoms with Crippen molar-refractivity contribution in [3.8, 4) is 5.75 Å². The molecule has 4 aromatic rings. The summed E-state index contributed by atoms with van der Waals surface area (Å²) in [6.45, 7) is 7.60. The van der Waals surface area contributed by atoms with Crippen LogP contribution in [-0.2, 0) is 23.1 Å². The van der Waals surface area contributed by atoms with E-state index in [-0.39, 0.29) is 11.4 Å². The number of thiazole rings is 1. The van der Waals surface area contributed by atoms with Crippen molar-refractivity contribution in [3.63, 3.8) is 0 Å². The van der Waals surface area contributed by atoms with Crippen LogP contribution in [0, 0.1) is 0 Å². The maximum absolute atomic E-state index is 13.2. The summed E-state index contributed by atoms with van der Waals surface area (Å²) in [4.78, 5) is 18.0. The van der Waals surface area contributed by atoms with Gasteiger partial charge in [-0.15, -0.1) is 0 Å². The van der Waals surface area contributed by atoms with E-state index in [1.165, 1.54) is 39.9 Å². The van der Waals surface area contributed by atoms with Crippen molar-refractivity contribution in [2.45, 2.75) is 38.8 Å². The number of nitrogens with zero attached hydrogens (tertiary/aromatic N) is 3. The maximum atomic E-state index is 13.2. The smallest absolute Gasteiger partial charge is 0.279 e. The quantitative estimate of drug-likeness (QED) is 0.307. The second-order valence-electron chi connectivity index (χ2n) is 8.05. The average Bonchev–Trinajstić information content (AvgIpc) is 3.24. The summed E-state index contributed by atoms with van der Waals surface area (Å²) >= 11 is 1.42. The number of benzene rings is 3. The molecule has 0 radical (unpaired) electrons. The van der Waals surface area contributed by atoms with Gasteiger partial charge in [0.2, 0.25) is 10.0 Å². The number of carbonyl (C=O) groups excluding carboxylic acids is 1. The Morgan fingerprint density at radius 2 is 1.72 bits per heavy atom. The molecule has 1 amide bonds. The molecule has 1 aromatic heterocycles. The molecule has 0 bridgehead atoms. The van der Waals surface area contributed by atoms with Crippen LogP contribution in [-0.4, -0.2) is 36.3 Å². The van der Waals surface area contributed by atoms with Crippen LogP contribution in [0.5, 0.6) is 5.75 Å². The summed E-state index contributed by atoms with van der Waals surface area (Å²) in [6.07, 6.45) is 0. The van der Waals surface area contributed by atoms with Crippen molar-refractivity contribution in [1.29, 1.82) is 0 Å². The maximum Gasteiger partial charge on any atom is 0.279 e. The molecule has 0 fully saturated rings. The van der Waals surface area contributed by atoms with Gasteiger partial charge < -0.3 is 9.30 Å². The summed E-state index contributed by atoms with van der Waals surface area (Å²) in [5, 5.41) is 0. The molecule has 0 aliphatic heterocycles. The van der Waals surface area contributed by atoms with Crippen LogP contribution in [0.2, 0.25) is 0 Å². The zero-order valence-electron chi connectivity index (χ0n) is 20.5. The van der Waals surface area contributed by atoms with Gasteiger partial charge in [-0.25, -0.2) is 8.42 Å². The lowest BCUT2D eigenvalue weighted by atomic mass is 10.2. The number of fused-ring (bicyclic) bond motifs is 1. The Hall–Kier alpha value is -3.27. The molecule has 0 atom stereocenters. The van der Waals surface area contributed by atoms with Gasteiger partial charge in [-0.1, -0.05) is 48.6 Å². The predicted octanol–water partition coefficient (Wildman–Crippen LogP) is 5.07. The normalized spacial score (nSPS) is 12.4. The fourth-order valence-corrected chi connectivity index (χ4v) is 6.48. The van der Waals surface area contributed by atoms with Gasteiger partial charge in [0.15, 0.2) is 4.80 Å². The molecule has 0 saturated carbocycles. The van der Waals surface area contributed by atoms with E-state index in [1.54, 1.807) is 0 Å². The van der Waals surface area contributed by atoms with E-state index in [0.29, 0.717) is 30.1 Å². The molecule has 0 aliphatic rings. The first-order valence-corrected chi connectivity index (χ1v) is 14.1. The second-order valence-corrected chi connectivity index (χ2v) is 11.0. The fraction of sp³-hybridized carbons (Fsp3) is 0.259. The van der Waals surface area contributed by atoms with E-state index in [2.05, 4.69) is 4.99 Å². The largest absolute Gasteiger partial charge is 0.494 e. The Bertz CT molecular complexity index is 1520. The lowest BCUT2D eigenvalue weighted by Gasteiger charge is -2.20. The first-order valence-electron chi connectivity index (χ1n) is 11.9. The number of carbonyl (C=O) groups is 1. The summed E-state index contributed by atoms with van der Waals surface area (Å²) in [5.41, 5.74) is 2.22. The fourth-order valence-electron chi connectivity index (χ4n) is 3.92. The SMILES string of the molecule is CCOc1ccc2c(c1)sc(=NC(=O)c1ccc(S(=O)(=O)N(CC)Cc3ccccc3)cc1)n2CC. The molecule has 0 unspecified atom stereocenters. The number of amides is 1. The molecule has 188 valence electrons. The zero-order valence-corrected chi connectivity index (χ0v) is 22.2. The van der Waals surface area contributed by atoms with E-state index in [4.69, 9.17) is 4.74 Å². The number of ether oxygens (including phenoxy) is 1. The third-order valence-electron chi connectivity index (χ3n) is 5.77. The lowest BCUT2D eigenvalue weighted by Crippen LogP contribution is -2.30. The van der Waals surface area contributed by atoms with Crippen LogP contribution >= 0.6 is 11.3 Å². The highest BCUT2D eigenvalue weighted by molar-refractivity contribution is 7.89. The van der Waals surface area contributed by atoms with Gasteiger partial charge >= 0.3 is 0 Å². The first kappa shape index (κ1) is 25.8. The highest BCUT2D eigenvalue weighted by Crippen LogP contribution is 2.24. The van der Waals surface area contributed by atoms with Crippen LogP contribution in [0.4, 0.5) is 0 Å². The van der Waals surface area contributed by atoms with Gasteiger partial charge in [0, 0.05) is 25.2 Å². The molecular formula is C27H29N3O4S2. The summed E-state index contributed by atoms with van der Waals surface area (Å²) in [6, 6.07) is 21.3. The van der Waals surface area contributed by atoms with Crippen molar-refractivity contribution >= 4 is 37.5 Å². The van der Waals surface area contributed by atoms with Crippen molar-refractivity contribution < 1.29 is 17.9 Å². The van der Waals surface area contributed by atoms with Crippen LogP contribution in [0.15, 0.2) is 82.7 Å².